The van der Waals surface area contributed by atoms with Crippen LogP contribution in [0, 0.1) is 5.82 Å². The minimum Gasteiger partial charge on any atom is -0.469 e. The van der Waals surface area contributed by atoms with E-state index in [1.807, 2.05) is 12.1 Å². The number of hydrogen-bond acceptors (Lipinski definition) is 2. The van der Waals surface area contributed by atoms with Gasteiger partial charge in [0, 0.05) is 23.0 Å². The molecule has 1 aromatic carbocycles. The van der Waals surface area contributed by atoms with Crippen molar-refractivity contribution in [3.05, 3.63) is 58.8 Å². The van der Waals surface area contributed by atoms with Crippen molar-refractivity contribution < 1.29 is 8.81 Å². The van der Waals surface area contributed by atoms with Crippen LogP contribution >= 0.6 is 11.6 Å². The average Bonchev–Trinajstić information content (AvgIpc) is 2.82. The molecule has 0 bridgehead atoms. The van der Waals surface area contributed by atoms with Crippen molar-refractivity contribution in [3.63, 3.8) is 0 Å². The van der Waals surface area contributed by atoms with Gasteiger partial charge in [0.05, 0.1) is 6.26 Å². The lowest BCUT2D eigenvalue weighted by atomic mass is 10.0. The summed E-state index contributed by atoms with van der Waals surface area (Å²) in [6.45, 7) is 0. The predicted octanol–water partition coefficient (Wildman–Crippen LogP) is 3.58. The maximum Gasteiger partial charge on any atom is 0.128 e. The Morgan fingerprint density at radius 1 is 1.41 bits per heavy atom. The lowest BCUT2D eigenvalue weighted by Gasteiger charge is -2.16. The first-order chi connectivity index (χ1) is 8.20. The smallest absolute Gasteiger partial charge is 0.128 e. The fourth-order valence-corrected chi connectivity index (χ4v) is 1.96. The second kappa shape index (κ2) is 5.34. The zero-order valence-electron chi connectivity index (χ0n) is 9.41. The largest absolute Gasteiger partial charge is 0.469 e. The highest BCUT2D eigenvalue weighted by Gasteiger charge is 2.16. The summed E-state index contributed by atoms with van der Waals surface area (Å²) in [6, 6.07) is 8.09. The predicted molar refractivity (Wildman–Crippen MR) is 65.6 cm³/mol. The number of benzene rings is 1. The molecule has 1 N–H and O–H groups in total. The molecule has 1 atom stereocenters. The molecule has 0 saturated heterocycles. The number of likely N-dealkylation sites (N-methyl/N-ethyl adjacent to an activating group) is 1. The van der Waals surface area contributed by atoms with Crippen LogP contribution in [0.4, 0.5) is 4.39 Å². The van der Waals surface area contributed by atoms with Crippen molar-refractivity contribution in [2.75, 3.05) is 7.05 Å². The highest BCUT2D eigenvalue weighted by molar-refractivity contribution is 6.30. The summed E-state index contributed by atoms with van der Waals surface area (Å²) in [5.41, 5.74) is 0.552. The highest BCUT2D eigenvalue weighted by atomic mass is 35.5. The van der Waals surface area contributed by atoms with Crippen molar-refractivity contribution in [2.45, 2.75) is 12.5 Å². The van der Waals surface area contributed by atoms with Gasteiger partial charge in [-0.15, -0.1) is 0 Å². The van der Waals surface area contributed by atoms with Gasteiger partial charge in [-0.25, -0.2) is 4.39 Å². The van der Waals surface area contributed by atoms with Crippen molar-refractivity contribution in [1.82, 2.24) is 5.32 Å². The van der Waals surface area contributed by atoms with Crippen LogP contribution < -0.4 is 5.32 Å². The second-order valence-electron chi connectivity index (χ2n) is 3.79. The highest BCUT2D eigenvalue weighted by Crippen LogP contribution is 2.24. The van der Waals surface area contributed by atoms with E-state index in [-0.39, 0.29) is 11.9 Å². The summed E-state index contributed by atoms with van der Waals surface area (Å²) < 4.78 is 19.0. The molecule has 0 aliphatic rings. The minimum atomic E-state index is -0.264. The van der Waals surface area contributed by atoms with E-state index in [1.54, 1.807) is 25.4 Å². The summed E-state index contributed by atoms with van der Waals surface area (Å²) >= 11 is 5.88. The van der Waals surface area contributed by atoms with E-state index >= 15 is 0 Å². The molecule has 1 unspecified atom stereocenters. The Bertz CT molecular complexity index is 484. The first-order valence-corrected chi connectivity index (χ1v) is 5.73. The molecule has 2 nitrogen and oxygen atoms in total. The van der Waals surface area contributed by atoms with Crippen LogP contribution in [0.25, 0.3) is 0 Å². The molecule has 0 aliphatic heterocycles. The Kier molecular flexibility index (Phi) is 3.82. The fourth-order valence-electron chi connectivity index (χ4n) is 1.78. The van der Waals surface area contributed by atoms with Crippen LogP contribution in [0.1, 0.15) is 17.4 Å². The Morgan fingerprint density at radius 3 is 2.88 bits per heavy atom. The number of halogens is 2. The van der Waals surface area contributed by atoms with Gasteiger partial charge in [0.25, 0.3) is 0 Å². The molecule has 0 fully saturated rings. The summed E-state index contributed by atoms with van der Waals surface area (Å²) in [7, 11) is 1.79. The molecule has 90 valence electrons. The topological polar surface area (TPSA) is 25.2 Å². The van der Waals surface area contributed by atoms with E-state index < -0.39 is 0 Å². The molecular weight excluding hydrogens is 241 g/mol. The van der Waals surface area contributed by atoms with Gasteiger partial charge in [-0.2, -0.15) is 0 Å². The molecule has 0 amide bonds. The van der Waals surface area contributed by atoms with E-state index in [9.17, 15) is 4.39 Å². The molecule has 1 aromatic heterocycles. The van der Waals surface area contributed by atoms with E-state index in [1.165, 1.54) is 6.07 Å². The van der Waals surface area contributed by atoms with Crippen LogP contribution in [0.15, 0.2) is 41.0 Å². The molecule has 2 rings (SSSR count). The van der Waals surface area contributed by atoms with E-state index in [0.717, 1.165) is 5.76 Å². The fraction of sp³-hybridized carbons (Fsp3) is 0.231. The normalized spacial score (nSPS) is 12.6. The molecule has 1 heterocycles. The quantitative estimate of drug-likeness (QED) is 0.901. The molecular formula is C13H13ClFNO. The van der Waals surface area contributed by atoms with Gasteiger partial charge in [-0.3, -0.25) is 0 Å². The Hall–Kier alpha value is -1.32. The Labute approximate surface area is 104 Å². The molecule has 0 saturated carbocycles. The summed E-state index contributed by atoms with van der Waals surface area (Å²) in [5.74, 6) is 0.545. The van der Waals surface area contributed by atoms with Crippen LogP contribution in [-0.4, -0.2) is 7.05 Å². The standard InChI is InChI=1S/C13H13ClFNO/c1-16-13(8-10-3-2-6-17-10)11-7-9(14)4-5-12(11)15/h2-7,13,16H,8H2,1H3. The van der Waals surface area contributed by atoms with Crippen molar-refractivity contribution in [3.8, 4) is 0 Å². The second-order valence-corrected chi connectivity index (χ2v) is 4.23. The number of furan rings is 1. The third-order valence-electron chi connectivity index (χ3n) is 2.67. The van der Waals surface area contributed by atoms with Crippen molar-refractivity contribution >= 4 is 11.6 Å². The molecule has 2 aromatic rings. The summed E-state index contributed by atoms with van der Waals surface area (Å²) in [6.07, 6.45) is 2.19. The van der Waals surface area contributed by atoms with Gasteiger partial charge in [0.2, 0.25) is 0 Å². The Balaban J connectivity index is 2.25. The van der Waals surface area contributed by atoms with E-state index in [2.05, 4.69) is 5.32 Å². The van der Waals surface area contributed by atoms with Crippen LogP contribution in [0.2, 0.25) is 5.02 Å². The summed E-state index contributed by atoms with van der Waals surface area (Å²) in [5, 5.41) is 3.59. The molecule has 17 heavy (non-hydrogen) atoms. The number of hydrogen-bond donors (Lipinski definition) is 1. The third-order valence-corrected chi connectivity index (χ3v) is 2.90. The monoisotopic (exact) mass is 253 g/mol. The Morgan fingerprint density at radius 2 is 2.24 bits per heavy atom. The first kappa shape index (κ1) is 12.1. The summed E-state index contributed by atoms with van der Waals surface area (Å²) in [4.78, 5) is 0. The van der Waals surface area contributed by atoms with Gasteiger partial charge < -0.3 is 9.73 Å². The van der Waals surface area contributed by atoms with Crippen molar-refractivity contribution in [2.24, 2.45) is 0 Å². The zero-order valence-corrected chi connectivity index (χ0v) is 10.2. The maximum atomic E-state index is 13.7. The first-order valence-electron chi connectivity index (χ1n) is 5.35. The number of nitrogens with one attached hydrogen (secondary N) is 1. The van der Waals surface area contributed by atoms with Crippen LogP contribution in [0.3, 0.4) is 0 Å². The lowest BCUT2D eigenvalue weighted by Crippen LogP contribution is -2.19. The maximum absolute atomic E-state index is 13.7. The molecule has 0 spiro atoms. The van der Waals surface area contributed by atoms with Gasteiger partial charge in [-0.1, -0.05) is 11.6 Å². The van der Waals surface area contributed by atoms with E-state index in [0.29, 0.717) is 17.0 Å². The van der Waals surface area contributed by atoms with Gasteiger partial charge in [0.1, 0.15) is 11.6 Å². The van der Waals surface area contributed by atoms with Crippen LogP contribution in [-0.2, 0) is 6.42 Å². The lowest BCUT2D eigenvalue weighted by molar-refractivity contribution is 0.455. The molecule has 4 heteroatoms. The van der Waals surface area contributed by atoms with Crippen molar-refractivity contribution in [1.29, 1.82) is 0 Å². The van der Waals surface area contributed by atoms with E-state index in [4.69, 9.17) is 16.0 Å². The van der Waals surface area contributed by atoms with Crippen LogP contribution in [0.5, 0.6) is 0 Å². The number of rotatable bonds is 4. The van der Waals surface area contributed by atoms with Gasteiger partial charge >= 0.3 is 0 Å². The van der Waals surface area contributed by atoms with Gasteiger partial charge in [0.15, 0.2) is 0 Å². The zero-order chi connectivity index (χ0) is 12.3. The molecule has 0 aliphatic carbocycles. The average molecular weight is 254 g/mol. The third kappa shape index (κ3) is 2.87. The minimum absolute atomic E-state index is 0.153. The van der Waals surface area contributed by atoms with Gasteiger partial charge in [-0.05, 0) is 37.4 Å². The molecule has 0 radical (unpaired) electrons. The SMILES string of the molecule is CNC(Cc1ccco1)c1cc(Cl)ccc1F.